The van der Waals surface area contributed by atoms with E-state index in [2.05, 4.69) is 0 Å². The van der Waals surface area contributed by atoms with E-state index in [4.69, 9.17) is 4.74 Å². The summed E-state index contributed by atoms with van der Waals surface area (Å²) in [5.41, 5.74) is 1.04. The van der Waals surface area contributed by atoms with E-state index < -0.39 is 9.84 Å². The first-order valence-corrected chi connectivity index (χ1v) is 8.30. The largest absolute Gasteiger partial charge is 0.494 e. The first-order valence-electron chi connectivity index (χ1n) is 6.48. The number of ether oxygens (including phenoxy) is 1. The van der Waals surface area contributed by atoms with Crippen LogP contribution in [-0.4, -0.2) is 31.1 Å². The predicted octanol–water partition coefficient (Wildman–Crippen LogP) is 2.47. The van der Waals surface area contributed by atoms with Gasteiger partial charge in [-0.25, -0.2) is 8.42 Å². The molecule has 0 saturated heterocycles. The second kappa shape index (κ2) is 5.65. The Bertz CT molecular complexity index is 658. The predicted molar refractivity (Wildman–Crippen MR) is 77.4 cm³/mol. The van der Waals surface area contributed by atoms with Crippen molar-refractivity contribution in [2.75, 3.05) is 18.1 Å². The van der Waals surface area contributed by atoms with E-state index in [1.165, 1.54) is 0 Å². The molecule has 1 aromatic heterocycles. The van der Waals surface area contributed by atoms with Gasteiger partial charge in [0.15, 0.2) is 9.84 Å². The Labute approximate surface area is 113 Å². The second-order valence-corrected chi connectivity index (χ2v) is 6.87. The van der Waals surface area contributed by atoms with Gasteiger partial charge in [0, 0.05) is 29.4 Å². The molecule has 0 amide bonds. The van der Waals surface area contributed by atoms with Crippen LogP contribution in [0.5, 0.6) is 5.75 Å². The molecule has 5 heteroatoms. The van der Waals surface area contributed by atoms with Gasteiger partial charge in [-0.3, -0.25) is 0 Å². The highest BCUT2D eigenvalue weighted by Gasteiger charge is 2.09. The molecule has 1 aromatic carbocycles. The van der Waals surface area contributed by atoms with Crippen molar-refractivity contribution in [2.24, 2.45) is 0 Å². The Morgan fingerprint density at radius 1 is 1.21 bits per heavy atom. The summed E-state index contributed by atoms with van der Waals surface area (Å²) in [6, 6.07) is 7.84. The van der Waals surface area contributed by atoms with Gasteiger partial charge in [0.25, 0.3) is 0 Å². The Kier molecular flexibility index (Phi) is 4.14. The smallest absolute Gasteiger partial charge is 0.151 e. The summed E-state index contributed by atoms with van der Waals surface area (Å²) in [4.78, 5) is 0. The lowest BCUT2D eigenvalue weighted by Gasteiger charge is -2.07. The lowest BCUT2D eigenvalue weighted by Crippen LogP contribution is -2.14. The molecule has 0 radical (unpaired) electrons. The van der Waals surface area contributed by atoms with Crippen LogP contribution in [-0.2, 0) is 16.4 Å². The van der Waals surface area contributed by atoms with Crippen molar-refractivity contribution in [3.63, 3.8) is 0 Å². The standard InChI is InChI=1S/C14H19NO3S/c1-3-18-13-5-6-14-12(11-13)7-8-15(14)9-10-19(16,17)4-2/h5-8,11H,3-4,9-10H2,1-2H3. The highest BCUT2D eigenvalue weighted by atomic mass is 32.2. The minimum Gasteiger partial charge on any atom is -0.494 e. The van der Waals surface area contributed by atoms with E-state index in [1.54, 1.807) is 6.92 Å². The van der Waals surface area contributed by atoms with Gasteiger partial charge in [0.2, 0.25) is 0 Å². The van der Waals surface area contributed by atoms with Crippen LogP contribution >= 0.6 is 0 Å². The van der Waals surface area contributed by atoms with Crippen molar-refractivity contribution in [3.8, 4) is 5.75 Å². The summed E-state index contributed by atoms with van der Waals surface area (Å²) < 4.78 is 30.5. The van der Waals surface area contributed by atoms with E-state index in [-0.39, 0.29) is 11.5 Å². The number of rotatable bonds is 6. The second-order valence-electron chi connectivity index (χ2n) is 4.40. The van der Waals surface area contributed by atoms with E-state index in [0.717, 1.165) is 16.7 Å². The fraction of sp³-hybridized carbons (Fsp3) is 0.429. The SMILES string of the molecule is CCOc1ccc2c(ccn2CCS(=O)(=O)CC)c1. The molecule has 4 nitrogen and oxygen atoms in total. The van der Waals surface area contributed by atoms with Gasteiger partial charge in [-0.05, 0) is 31.2 Å². The number of aryl methyl sites for hydroxylation is 1. The van der Waals surface area contributed by atoms with Gasteiger partial charge < -0.3 is 9.30 Å². The van der Waals surface area contributed by atoms with E-state index in [1.807, 2.05) is 42.0 Å². The van der Waals surface area contributed by atoms with Crippen LogP contribution in [0.2, 0.25) is 0 Å². The Morgan fingerprint density at radius 3 is 2.68 bits per heavy atom. The quantitative estimate of drug-likeness (QED) is 0.817. The van der Waals surface area contributed by atoms with Crippen LogP contribution in [0.4, 0.5) is 0 Å². The van der Waals surface area contributed by atoms with Crippen LogP contribution in [0, 0.1) is 0 Å². The van der Waals surface area contributed by atoms with E-state index in [0.29, 0.717) is 13.2 Å². The van der Waals surface area contributed by atoms with Crippen LogP contribution < -0.4 is 4.74 Å². The maximum absolute atomic E-state index is 11.5. The van der Waals surface area contributed by atoms with Crippen molar-refractivity contribution in [2.45, 2.75) is 20.4 Å². The molecule has 2 aromatic rings. The summed E-state index contributed by atoms with van der Waals surface area (Å²) in [5.74, 6) is 1.22. The Morgan fingerprint density at radius 2 is 2.00 bits per heavy atom. The molecule has 0 aliphatic rings. The third-order valence-corrected chi connectivity index (χ3v) is 4.82. The van der Waals surface area contributed by atoms with Crippen molar-refractivity contribution >= 4 is 20.7 Å². The zero-order valence-electron chi connectivity index (χ0n) is 11.3. The Balaban J connectivity index is 2.21. The van der Waals surface area contributed by atoms with Crippen LogP contribution in [0.1, 0.15) is 13.8 Å². The highest BCUT2D eigenvalue weighted by Crippen LogP contribution is 2.22. The number of nitrogens with zero attached hydrogens (tertiary/aromatic N) is 1. The average Bonchev–Trinajstić information content (AvgIpc) is 2.79. The summed E-state index contributed by atoms with van der Waals surface area (Å²) in [6.07, 6.45) is 1.92. The lowest BCUT2D eigenvalue weighted by atomic mass is 10.2. The van der Waals surface area contributed by atoms with Gasteiger partial charge >= 0.3 is 0 Å². The highest BCUT2D eigenvalue weighted by molar-refractivity contribution is 7.91. The molecule has 0 atom stereocenters. The maximum atomic E-state index is 11.5. The molecule has 0 N–H and O–H groups in total. The summed E-state index contributed by atoms with van der Waals surface area (Å²) >= 11 is 0. The Hall–Kier alpha value is -1.49. The number of sulfone groups is 1. The van der Waals surface area contributed by atoms with Gasteiger partial charge in [-0.15, -0.1) is 0 Å². The van der Waals surface area contributed by atoms with Gasteiger partial charge in [-0.1, -0.05) is 6.92 Å². The fourth-order valence-electron chi connectivity index (χ4n) is 2.01. The third kappa shape index (κ3) is 3.29. The van der Waals surface area contributed by atoms with Crippen molar-refractivity contribution < 1.29 is 13.2 Å². The van der Waals surface area contributed by atoms with Gasteiger partial charge in [0.05, 0.1) is 12.4 Å². The van der Waals surface area contributed by atoms with Crippen molar-refractivity contribution in [1.82, 2.24) is 4.57 Å². The number of fused-ring (bicyclic) bond motifs is 1. The number of aromatic nitrogens is 1. The average molecular weight is 281 g/mol. The molecular formula is C14H19NO3S. The van der Waals surface area contributed by atoms with Crippen LogP contribution in [0.25, 0.3) is 10.9 Å². The van der Waals surface area contributed by atoms with Gasteiger partial charge in [-0.2, -0.15) is 0 Å². The molecule has 0 saturated carbocycles. The molecule has 0 bridgehead atoms. The number of hydrogen-bond acceptors (Lipinski definition) is 3. The molecule has 0 unspecified atom stereocenters. The normalized spacial score (nSPS) is 11.9. The summed E-state index contributed by atoms with van der Waals surface area (Å²) in [5, 5.41) is 1.07. The third-order valence-electron chi connectivity index (χ3n) is 3.14. The van der Waals surface area contributed by atoms with Crippen LogP contribution in [0.15, 0.2) is 30.5 Å². The van der Waals surface area contributed by atoms with E-state index in [9.17, 15) is 8.42 Å². The van der Waals surface area contributed by atoms with Crippen LogP contribution in [0.3, 0.4) is 0 Å². The monoisotopic (exact) mass is 281 g/mol. The molecule has 1 heterocycles. The number of hydrogen-bond donors (Lipinski definition) is 0. The molecular weight excluding hydrogens is 262 g/mol. The zero-order valence-corrected chi connectivity index (χ0v) is 12.1. The number of benzene rings is 1. The molecule has 2 rings (SSSR count). The molecule has 19 heavy (non-hydrogen) atoms. The molecule has 0 aliphatic heterocycles. The first-order chi connectivity index (χ1) is 9.05. The van der Waals surface area contributed by atoms with Crippen molar-refractivity contribution in [3.05, 3.63) is 30.5 Å². The van der Waals surface area contributed by atoms with Gasteiger partial charge in [0.1, 0.15) is 5.75 Å². The molecule has 104 valence electrons. The summed E-state index contributed by atoms with van der Waals surface area (Å²) in [6.45, 7) is 4.76. The minimum atomic E-state index is -2.93. The summed E-state index contributed by atoms with van der Waals surface area (Å²) in [7, 11) is -2.93. The minimum absolute atomic E-state index is 0.181. The molecule has 0 aliphatic carbocycles. The fourth-order valence-corrected chi connectivity index (χ4v) is 2.77. The maximum Gasteiger partial charge on any atom is 0.151 e. The molecule has 0 spiro atoms. The van der Waals surface area contributed by atoms with Crippen molar-refractivity contribution in [1.29, 1.82) is 0 Å². The zero-order chi connectivity index (χ0) is 13.9. The first kappa shape index (κ1) is 13.9. The topological polar surface area (TPSA) is 48.3 Å². The van der Waals surface area contributed by atoms with E-state index >= 15 is 0 Å². The molecule has 0 fully saturated rings. The lowest BCUT2D eigenvalue weighted by molar-refractivity contribution is 0.340.